The van der Waals surface area contributed by atoms with Crippen LogP contribution in [0, 0.1) is 0 Å². The van der Waals surface area contributed by atoms with Gasteiger partial charge in [-0.05, 0) is 23.6 Å². The van der Waals surface area contributed by atoms with Crippen LogP contribution in [0.15, 0.2) is 54.6 Å². The van der Waals surface area contributed by atoms with Gasteiger partial charge in [-0.1, -0.05) is 55.5 Å². The second-order valence-corrected chi connectivity index (χ2v) is 7.17. The Morgan fingerprint density at radius 2 is 1.66 bits per heavy atom. The summed E-state index contributed by atoms with van der Waals surface area (Å²) in [5.41, 5.74) is 2.19. The molecule has 1 saturated heterocycles. The van der Waals surface area contributed by atoms with E-state index in [9.17, 15) is 9.59 Å². The van der Waals surface area contributed by atoms with Crippen molar-refractivity contribution >= 4 is 11.8 Å². The predicted molar refractivity (Wildman–Crippen MR) is 113 cm³/mol. The number of aryl methyl sites for hydroxylation is 1. The first-order valence-electron chi connectivity index (χ1n) is 10.2. The minimum atomic E-state index is -0.0101. The molecule has 0 atom stereocenters. The molecule has 0 saturated carbocycles. The number of para-hydroxylation sites is 1. The van der Waals surface area contributed by atoms with Crippen molar-refractivity contribution in [2.45, 2.75) is 19.9 Å². The number of benzene rings is 2. The summed E-state index contributed by atoms with van der Waals surface area (Å²) in [4.78, 5) is 28.5. The third-order valence-corrected chi connectivity index (χ3v) is 5.13. The highest BCUT2D eigenvalue weighted by molar-refractivity contribution is 5.79. The molecule has 1 N–H and O–H groups in total. The molecule has 29 heavy (non-hydrogen) atoms. The van der Waals surface area contributed by atoms with Crippen LogP contribution in [0.25, 0.3) is 0 Å². The minimum absolute atomic E-state index is 0.00753. The van der Waals surface area contributed by atoms with Crippen molar-refractivity contribution in [3.63, 3.8) is 0 Å². The summed E-state index contributed by atoms with van der Waals surface area (Å²) in [5.74, 6) is 0.772. The molecule has 2 aromatic carbocycles. The molecular weight excluding hydrogens is 366 g/mol. The van der Waals surface area contributed by atoms with Crippen LogP contribution in [0.2, 0.25) is 0 Å². The Balaban J connectivity index is 1.37. The normalized spacial score (nSPS) is 14.4. The van der Waals surface area contributed by atoms with Crippen LogP contribution in [0.4, 0.5) is 0 Å². The van der Waals surface area contributed by atoms with E-state index in [-0.39, 0.29) is 18.4 Å². The van der Waals surface area contributed by atoms with Crippen LogP contribution in [0.1, 0.15) is 18.1 Å². The zero-order valence-corrected chi connectivity index (χ0v) is 17.0. The Bertz CT molecular complexity index is 802. The molecule has 154 valence electrons. The summed E-state index contributed by atoms with van der Waals surface area (Å²) in [6.45, 7) is 5.62. The van der Waals surface area contributed by atoms with Crippen LogP contribution in [-0.2, 0) is 22.6 Å². The molecule has 0 unspecified atom stereocenters. The molecule has 6 nitrogen and oxygen atoms in total. The van der Waals surface area contributed by atoms with E-state index >= 15 is 0 Å². The van der Waals surface area contributed by atoms with Crippen LogP contribution < -0.4 is 10.1 Å². The van der Waals surface area contributed by atoms with Crippen LogP contribution in [0.3, 0.4) is 0 Å². The maximum Gasteiger partial charge on any atom is 0.260 e. The summed E-state index contributed by atoms with van der Waals surface area (Å²) >= 11 is 0. The Morgan fingerprint density at radius 3 is 2.38 bits per heavy atom. The standard InChI is InChI=1S/C23H29N3O3/c1-2-20-10-6-7-11-21(20)29-18-23(28)26-14-12-25(13-15-26)17-22(27)24-16-19-8-4-3-5-9-19/h3-11H,2,12-18H2,1H3,(H,24,27). The number of piperazine rings is 1. The number of carbonyl (C=O) groups excluding carboxylic acids is 2. The Kier molecular flexibility index (Phi) is 7.64. The number of carbonyl (C=O) groups is 2. The first kappa shape index (κ1) is 20.9. The summed E-state index contributed by atoms with van der Waals surface area (Å²) in [5, 5.41) is 2.95. The van der Waals surface area contributed by atoms with Gasteiger partial charge in [0.05, 0.1) is 6.54 Å². The van der Waals surface area contributed by atoms with E-state index in [1.165, 1.54) is 0 Å². The fourth-order valence-corrected chi connectivity index (χ4v) is 3.38. The van der Waals surface area contributed by atoms with Gasteiger partial charge in [0.15, 0.2) is 6.61 Å². The highest BCUT2D eigenvalue weighted by Gasteiger charge is 2.22. The molecule has 0 aliphatic carbocycles. The van der Waals surface area contributed by atoms with Crippen molar-refractivity contribution in [3.8, 4) is 5.75 Å². The molecule has 0 bridgehead atoms. The van der Waals surface area contributed by atoms with Gasteiger partial charge in [0.2, 0.25) is 5.91 Å². The molecule has 1 aliphatic rings. The van der Waals surface area contributed by atoms with Crippen molar-refractivity contribution in [1.29, 1.82) is 0 Å². The Hall–Kier alpha value is -2.86. The van der Waals surface area contributed by atoms with Crippen molar-refractivity contribution in [1.82, 2.24) is 15.1 Å². The molecule has 0 aromatic heterocycles. The summed E-state index contributed by atoms with van der Waals surface area (Å²) < 4.78 is 5.74. The molecule has 2 amide bonds. The van der Waals surface area contributed by atoms with Gasteiger partial charge < -0.3 is 15.0 Å². The van der Waals surface area contributed by atoms with Crippen molar-refractivity contribution in [2.24, 2.45) is 0 Å². The highest BCUT2D eigenvalue weighted by Crippen LogP contribution is 2.18. The molecular formula is C23H29N3O3. The maximum atomic E-state index is 12.5. The van der Waals surface area contributed by atoms with Crippen LogP contribution in [-0.4, -0.2) is 60.9 Å². The zero-order valence-electron chi connectivity index (χ0n) is 17.0. The first-order chi connectivity index (χ1) is 14.2. The lowest BCUT2D eigenvalue weighted by atomic mass is 10.1. The second kappa shape index (κ2) is 10.6. The fourth-order valence-electron chi connectivity index (χ4n) is 3.38. The lowest BCUT2D eigenvalue weighted by Gasteiger charge is -2.34. The molecule has 1 aliphatic heterocycles. The number of hydrogen-bond donors (Lipinski definition) is 1. The Labute approximate surface area is 172 Å². The van der Waals surface area contributed by atoms with Gasteiger partial charge in [0.25, 0.3) is 5.91 Å². The predicted octanol–water partition coefficient (Wildman–Crippen LogP) is 2.09. The maximum absolute atomic E-state index is 12.5. The lowest BCUT2D eigenvalue weighted by molar-refractivity contribution is -0.135. The summed E-state index contributed by atoms with van der Waals surface area (Å²) in [6.07, 6.45) is 0.870. The molecule has 1 fully saturated rings. The average Bonchev–Trinajstić information content (AvgIpc) is 2.77. The molecule has 3 rings (SSSR count). The third kappa shape index (κ3) is 6.32. The highest BCUT2D eigenvalue weighted by atomic mass is 16.5. The number of ether oxygens (including phenoxy) is 1. The zero-order chi connectivity index (χ0) is 20.5. The molecule has 1 heterocycles. The number of amides is 2. The summed E-state index contributed by atoms with van der Waals surface area (Å²) in [6, 6.07) is 17.7. The quantitative estimate of drug-likeness (QED) is 0.744. The SMILES string of the molecule is CCc1ccccc1OCC(=O)N1CCN(CC(=O)NCc2ccccc2)CC1. The molecule has 0 spiro atoms. The van der Waals surface area contributed by atoms with Crippen LogP contribution >= 0.6 is 0 Å². The number of nitrogens with zero attached hydrogens (tertiary/aromatic N) is 2. The van der Waals surface area contributed by atoms with Crippen molar-refractivity contribution in [2.75, 3.05) is 39.3 Å². The van der Waals surface area contributed by atoms with E-state index in [0.717, 1.165) is 23.3 Å². The molecule has 0 radical (unpaired) electrons. The number of hydrogen-bond acceptors (Lipinski definition) is 4. The van der Waals surface area contributed by atoms with Crippen molar-refractivity contribution < 1.29 is 14.3 Å². The van der Waals surface area contributed by atoms with Gasteiger partial charge >= 0.3 is 0 Å². The van der Waals surface area contributed by atoms with Gasteiger partial charge in [0, 0.05) is 32.7 Å². The number of nitrogens with one attached hydrogen (secondary N) is 1. The van der Waals surface area contributed by atoms with E-state index < -0.39 is 0 Å². The molecule has 2 aromatic rings. The minimum Gasteiger partial charge on any atom is -0.483 e. The fraction of sp³-hybridized carbons (Fsp3) is 0.391. The van der Waals surface area contributed by atoms with E-state index in [4.69, 9.17) is 4.74 Å². The van der Waals surface area contributed by atoms with Gasteiger partial charge in [-0.2, -0.15) is 0 Å². The molecule has 6 heteroatoms. The Morgan fingerprint density at radius 1 is 0.966 bits per heavy atom. The van der Waals surface area contributed by atoms with Gasteiger partial charge in [0.1, 0.15) is 5.75 Å². The van der Waals surface area contributed by atoms with E-state index in [1.54, 1.807) is 0 Å². The van der Waals surface area contributed by atoms with E-state index in [0.29, 0.717) is 39.3 Å². The largest absolute Gasteiger partial charge is 0.483 e. The smallest absolute Gasteiger partial charge is 0.260 e. The first-order valence-corrected chi connectivity index (χ1v) is 10.2. The average molecular weight is 396 g/mol. The van der Waals surface area contributed by atoms with Crippen LogP contribution in [0.5, 0.6) is 5.75 Å². The van der Waals surface area contributed by atoms with Crippen molar-refractivity contribution in [3.05, 3.63) is 65.7 Å². The lowest BCUT2D eigenvalue weighted by Crippen LogP contribution is -2.52. The van der Waals surface area contributed by atoms with Gasteiger partial charge in [-0.3, -0.25) is 14.5 Å². The monoisotopic (exact) mass is 395 g/mol. The second-order valence-electron chi connectivity index (χ2n) is 7.17. The topological polar surface area (TPSA) is 61.9 Å². The van der Waals surface area contributed by atoms with E-state index in [2.05, 4.69) is 17.1 Å². The third-order valence-electron chi connectivity index (χ3n) is 5.13. The van der Waals surface area contributed by atoms with Gasteiger partial charge in [-0.25, -0.2) is 0 Å². The van der Waals surface area contributed by atoms with E-state index in [1.807, 2.05) is 59.5 Å². The number of rotatable bonds is 8. The van der Waals surface area contributed by atoms with Gasteiger partial charge in [-0.15, -0.1) is 0 Å². The summed E-state index contributed by atoms with van der Waals surface area (Å²) in [7, 11) is 0.